The Kier molecular flexibility index (Phi) is 5.35. The minimum atomic E-state index is 0.422. The maximum Gasteiger partial charge on any atom is 0.0680 e. The summed E-state index contributed by atoms with van der Waals surface area (Å²) < 4.78 is 0. The van der Waals surface area contributed by atoms with E-state index < -0.39 is 0 Å². The third kappa shape index (κ3) is 3.77. The van der Waals surface area contributed by atoms with Crippen molar-refractivity contribution < 1.29 is 0 Å². The van der Waals surface area contributed by atoms with E-state index in [1.807, 2.05) is 0 Å². The predicted molar refractivity (Wildman–Crippen MR) is 82.9 cm³/mol. The number of hydrogen-bond donors (Lipinski definition) is 1. The molecule has 108 valence electrons. The first-order valence-corrected chi connectivity index (χ1v) is 8.10. The lowest BCUT2D eigenvalue weighted by atomic mass is 9.82. The molecule has 0 spiro atoms. The average molecular weight is 262 g/mol. The van der Waals surface area contributed by atoms with E-state index in [0.29, 0.717) is 6.04 Å². The molecule has 2 fully saturated rings. The third-order valence-corrected chi connectivity index (χ3v) is 4.78. The molecule has 2 aliphatic rings. The molecular weight excluding hydrogens is 232 g/mol. The number of allylic oxidation sites excluding steroid dienone is 1. The molecule has 1 unspecified atom stereocenters. The van der Waals surface area contributed by atoms with Crippen molar-refractivity contribution in [1.29, 1.82) is 0 Å². The van der Waals surface area contributed by atoms with Crippen LogP contribution in [0.3, 0.4) is 0 Å². The first-order chi connectivity index (χ1) is 9.22. The molecule has 1 aliphatic carbocycles. The highest BCUT2D eigenvalue weighted by molar-refractivity contribution is 5.12. The summed E-state index contributed by atoms with van der Waals surface area (Å²) in [5, 5.41) is 3.68. The van der Waals surface area contributed by atoms with Gasteiger partial charge in [-0.25, -0.2) is 0 Å². The first-order valence-electron chi connectivity index (χ1n) is 8.10. The van der Waals surface area contributed by atoms with Crippen molar-refractivity contribution in [2.45, 2.75) is 64.3 Å². The summed E-state index contributed by atoms with van der Waals surface area (Å²) in [5.41, 5.74) is 2.48. The maximum absolute atomic E-state index is 4.42. The van der Waals surface area contributed by atoms with Gasteiger partial charge in [-0.3, -0.25) is 0 Å². The molecule has 2 heteroatoms. The third-order valence-electron chi connectivity index (χ3n) is 4.78. The van der Waals surface area contributed by atoms with E-state index in [1.54, 1.807) is 0 Å². The monoisotopic (exact) mass is 262 g/mol. The zero-order valence-corrected chi connectivity index (χ0v) is 12.6. The Hall–Kier alpha value is -0.920. The molecule has 0 aromatic heterocycles. The van der Waals surface area contributed by atoms with Crippen LogP contribution in [0.4, 0.5) is 0 Å². The summed E-state index contributed by atoms with van der Waals surface area (Å²) in [5.74, 6) is 0.755. The van der Waals surface area contributed by atoms with Crippen LogP contribution in [0.1, 0.15) is 58.3 Å². The van der Waals surface area contributed by atoms with Crippen LogP contribution >= 0.6 is 0 Å². The zero-order chi connectivity index (χ0) is 13.7. The van der Waals surface area contributed by atoms with E-state index in [0.717, 1.165) is 18.0 Å². The quantitative estimate of drug-likeness (QED) is 0.776. The highest BCUT2D eigenvalue weighted by Crippen LogP contribution is 2.31. The minimum Gasteiger partial charge on any atom is -0.380 e. The van der Waals surface area contributed by atoms with Crippen LogP contribution in [0.2, 0.25) is 0 Å². The van der Waals surface area contributed by atoms with Gasteiger partial charge in [-0.15, -0.1) is 0 Å². The smallest absolute Gasteiger partial charge is 0.0680 e. The average Bonchev–Trinajstić information content (AvgIpc) is 2.99. The van der Waals surface area contributed by atoms with Crippen molar-refractivity contribution in [3.63, 3.8) is 0 Å². The van der Waals surface area contributed by atoms with Gasteiger partial charge in [-0.2, -0.15) is 0 Å². The summed E-state index contributed by atoms with van der Waals surface area (Å²) in [7, 11) is 0. The largest absolute Gasteiger partial charge is 0.380 e. The highest BCUT2D eigenvalue weighted by Gasteiger charge is 2.29. The molecule has 1 saturated heterocycles. The molecule has 0 aromatic carbocycles. The lowest BCUT2D eigenvalue weighted by Crippen LogP contribution is -2.42. The van der Waals surface area contributed by atoms with Gasteiger partial charge in [-0.05, 0) is 38.0 Å². The predicted octanol–water partition coefficient (Wildman–Crippen LogP) is 4.06. The SMILES string of the molecule is C=C(CC)NC(C(=C)N1CCCC1)C1CCCCC1. The van der Waals surface area contributed by atoms with Crippen molar-refractivity contribution >= 4 is 0 Å². The standard InChI is InChI=1S/C17H30N2/c1-4-14(2)18-17(16-10-6-5-7-11-16)15(3)19-12-8-9-13-19/h16-18H,2-13H2,1H3. The number of nitrogens with one attached hydrogen (secondary N) is 1. The summed E-state index contributed by atoms with van der Waals surface area (Å²) in [6.07, 6.45) is 10.5. The Morgan fingerprint density at radius 2 is 1.74 bits per heavy atom. The maximum atomic E-state index is 4.42. The molecule has 1 saturated carbocycles. The fourth-order valence-corrected chi connectivity index (χ4v) is 3.46. The van der Waals surface area contributed by atoms with Crippen molar-refractivity contribution in [1.82, 2.24) is 10.2 Å². The minimum absolute atomic E-state index is 0.422. The normalized spacial score (nSPS) is 22.3. The molecule has 0 bridgehead atoms. The van der Waals surface area contributed by atoms with E-state index in [2.05, 4.69) is 30.3 Å². The van der Waals surface area contributed by atoms with Gasteiger partial charge in [0.25, 0.3) is 0 Å². The van der Waals surface area contributed by atoms with Crippen molar-refractivity contribution in [2.24, 2.45) is 5.92 Å². The highest BCUT2D eigenvalue weighted by atomic mass is 15.2. The van der Waals surface area contributed by atoms with Gasteiger partial charge >= 0.3 is 0 Å². The van der Waals surface area contributed by atoms with Crippen LogP contribution in [-0.4, -0.2) is 24.0 Å². The second-order valence-electron chi connectivity index (χ2n) is 6.16. The second kappa shape index (κ2) is 7.02. The molecule has 0 radical (unpaired) electrons. The molecule has 19 heavy (non-hydrogen) atoms. The zero-order valence-electron chi connectivity index (χ0n) is 12.6. The van der Waals surface area contributed by atoms with Crippen LogP contribution in [0.15, 0.2) is 24.6 Å². The molecule has 0 amide bonds. The molecule has 2 rings (SSSR count). The van der Waals surface area contributed by atoms with Crippen molar-refractivity contribution in [2.75, 3.05) is 13.1 Å². The fourth-order valence-electron chi connectivity index (χ4n) is 3.46. The van der Waals surface area contributed by atoms with E-state index in [4.69, 9.17) is 0 Å². The van der Waals surface area contributed by atoms with Gasteiger partial charge in [0.2, 0.25) is 0 Å². The van der Waals surface area contributed by atoms with Gasteiger partial charge in [-0.1, -0.05) is 39.3 Å². The van der Waals surface area contributed by atoms with Crippen LogP contribution in [0, 0.1) is 5.92 Å². The molecule has 2 nitrogen and oxygen atoms in total. The molecule has 1 N–H and O–H groups in total. The summed E-state index contributed by atoms with van der Waals surface area (Å²) >= 11 is 0. The van der Waals surface area contributed by atoms with Crippen LogP contribution < -0.4 is 5.32 Å². The Balaban J connectivity index is 2.03. The van der Waals surface area contributed by atoms with Crippen molar-refractivity contribution in [3.05, 3.63) is 24.6 Å². The summed E-state index contributed by atoms with van der Waals surface area (Å²) in [6, 6.07) is 0.422. The van der Waals surface area contributed by atoms with E-state index in [-0.39, 0.29) is 0 Å². The Morgan fingerprint density at radius 1 is 1.11 bits per heavy atom. The van der Waals surface area contributed by atoms with E-state index in [1.165, 1.54) is 63.7 Å². The van der Waals surface area contributed by atoms with E-state index >= 15 is 0 Å². The lowest BCUT2D eigenvalue weighted by molar-refractivity contribution is 0.261. The Bertz CT molecular complexity index is 309. The topological polar surface area (TPSA) is 15.3 Å². The Labute approximate surface area is 118 Å². The molecule has 0 aromatic rings. The molecule has 1 heterocycles. The molecule has 1 aliphatic heterocycles. The lowest BCUT2D eigenvalue weighted by Gasteiger charge is -2.37. The van der Waals surface area contributed by atoms with Crippen molar-refractivity contribution in [3.8, 4) is 0 Å². The molecule has 1 atom stereocenters. The van der Waals surface area contributed by atoms with Crippen LogP contribution in [0.5, 0.6) is 0 Å². The first kappa shape index (κ1) is 14.5. The number of likely N-dealkylation sites (tertiary alicyclic amines) is 1. The summed E-state index contributed by atoms with van der Waals surface area (Å²) in [6.45, 7) is 13.1. The number of hydrogen-bond acceptors (Lipinski definition) is 2. The van der Waals surface area contributed by atoms with Crippen LogP contribution in [0.25, 0.3) is 0 Å². The fraction of sp³-hybridized carbons (Fsp3) is 0.765. The van der Waals surface area contributed by atoms with Gasteiger partial charge in [0, 0.05) is 24.5 Å². The second-order valence-corrected chi connectivity index (χ2v) is 6.16. The number of nitrogens with zero attached hydrogens (tertiary/aromatic N) is 1. The van der Waals surface area contributed by atoms with Gasteiger partial charge in [0.15, 0.2) is 0 Å². The van der Waals surface area contributed by atoms with Gasteiger partial charge in [0.1, 0.15) is 0 Å². The number of rotatable bonds is 6. The van der Waals surface area contributed by atoms with Gasteiger partial charge in [0.05, 0.1) is 6.04 Å². The van der Waals surface area contributed by atoms with E-state index in [9.17, 15) is 0 Å². The molecular formula is C17H30N2. The summed E-state index contributed by atoms with van der Waals surface area (Å²) in [4.78, 5) is 2.50. The van der Waals surface area contributed by atoms with Crippen LogP contribution in [-0.2, 0) is 0 Å². The van der Waals surface area contributed by atoms with Gasteiger partial charge < -0.3 is 10.2 Å². The Morgan fingerprint density at radius 3 is 2.32 bits per heavy atom.